The molecule has 0 amide bonds. The first-order chi connectivity index (χ1) is 5.20. The van der Waals surface area contributed by atoms with Crippen LogP contribution in [-0.4, -0.2) is 11.0 Å². The number of carbonyl (C=O) groups is 2. The van der Waals surface area contributed by atoms with Crippen molar-refractivity contribution in [1.82, 2.24) is 0 Å². The normalized spacial score (nSPS) is 41.5. The van der Waals surface area contributed by atoms with Crippen LogP contribution >= 0.6 is 11.6 Å². The van der Waals surface area contributed by atoms with Gasteiger partial charge in [-0.25, -0.2) is 0 Å². The van der Waals surface area contributed by atoms with Crippen LogP contribution in [0.25, 0.3) is 0 Å². The topological polar surface area (TPSA) is 34.1 Å². The van der Waals surface area contributed by atoms with Crippen LogP contribution in [0.4, 0.5) is 0 Å². The number of fused-ring (bicyclic) bond motifs is 1. The SMILES string of the molecule is O=C1C[C@@H]2CC[C@@H](C(=O)Cl)[C@H]12. The van der Waals surface area contributed by atoms with Crippen LogP contribution in [0.3, 0.4) is 0 Å². The van der Waals surface area contributed by atoms with Crippen LogP contribution in [0.5, 0.6) is 0 Å². The minimum Gasteiger partial charge on any atom is -0.299 e. The number of Topliss-reactive ketones (excluding diaryl/α,β-unsaturated/α-hetero) is 1. The van der Waals surface area contributed by atoms with Gasteiger partial charge in [0, 0.05) is 18.3 Å². The van der Waals surface area contributed by atoms with Crippen molar-refractivity contribution in [2.75, 3.05) is 0 Å². The lowest BCUT2D eigenvalue weighted by molar-refractivity contribution is -0.137. The Bertz CT molecular complexity index is 216. The molecule has 0 unspecified atom stereocenters. The molecule has 2 nitrogen and oxygen atoms in total. The summed E-state index contributed by atoms with van der Waals surface area (Å²) < 4.78 is 0. The Hall–Kier alpha value is -0.370. The molecule has 0 aliphatic heterocycles. The van der Waals surface area contributed by atoms with Crippen molar-refractivity contribution in [3.8, 4) is 0 Å². The molecule has 60 valence electrons. The molecule has 0 heterocycles. The Morgan fingerprint density at radius 3 is 2.64 bits per heavy atom. The second-order valence-corrected chi connectivity index (χ2v) is 3.82. The summed E-state index contributed by atoms with van der Waals surface area (Å²) >= 11 is 5.35. The molecule has 0 radical (unpaired) electrons. The molecule has 0 bridgehead atoms. The van der Waals surface area contributed by atoms with Crippen LogP contribution in [0.1, 0.15) is 19.3 Å². The third kappa shape index (κ3) is 0.924. The molecule has 0 aromatic heterocycles. The number of hydrogen-bond donors (Lipinski definition) is 0. The van der Waals surface area contributed by atoms with Crippen molar-refractivity contribution in [3.05, 3.63) is 0 Å². The summed E-state index contributed by atoms with van der Waals surface area (Å²) in [5, 5.41) is -0.314. The summed E-state index contributed by atoms with van der Waals surface area (Å²) in [6, 6.07) is 0. The minimum atomic E-state index is -0.314. The standard InChI is InChI=1S/C8H9ClO2/c9-8(11)5-2-1-4-3-6(10)7(4)5/h4-5,7H,1-3H2/t4-,5+,7+/m0/s1. The highest BCUT2D eigenvalue weighted by Crippen LogP contribution is 2.48. The summed E-state index contributed by atoms with van der Waals surface area (Å²) in [6.07, 6.45) is 2.52. The monoisotopic (exact) mass is 172 g/mol. The van der Waals surface area contributed by atoms with Gasteiger partial charge < -0.3 is 0 Å². The van der Waals surface area contributed by atoms with E-state index in [9.17, 15) is 9.59 Å². The van der Waals surface area contributed by atoms with E-state index in [0.29, 0.717) is 12.3 Å². The fourth-order valence-electron chi connectivity index (χ4n) is 2.29. The van der Waals surface area contributed by atoms with Crippen molar-refractivity contribution >= 4 is 22.6 Å². The summed E-state index contributed by atoms with van der Waals surface area (Å²) in [6.45, 7) is 0. The summed E-state index contributed by atoms with van der Waals surface area (Å²) in [5.74, 6) is 0.574. The first-order valence-corrected chi connectivity index (χ1v) is 4.30. The van der Waals surface area contributed by atoms with Gasteiger partial charge in [-0.1, -0.05) is 0 Å². The van der Waals surface area contributed by atoms with E-state index in [1.807, 2.05) is 0 Å². The van der Waals surface area contributed by atoms with E-state index in [-0.39, 0.29) is 22.9 Å². The van der Waals surface area contributed by atoms with Gasteiger partial charge in [0.1, 0.15) is 5.78 Å². The van der Waals surface area contributed by atoms with Gasteiger partial charge in [0.05, 0.1) is 0 Å². The molecule has 2 rings (SSSR count). The third-order valence-corrected chi connectivity index (χ3v) is 3.20. The molecule has 2 saturated carbocycles. The summed E-state index contributed by atoms with van der Waals surface area (Å²) in [4.78, 5) is 21.8. The Balaban J connectivity index is 2.14. The van der Waals surface area contributed by atoms with Gasteiger partial charge in [-0.3, -0.25) is 9.59 Å². The number of rotatable bonds is 1. The largest absolute Gasteiger partial charge is 0.299 e. The minimum absolute atomic E-state index is 0.000000000000000222. The van der Waals surface area contributed by atoms with Crippen LogP contribution in [-0.2, 0) is 9.59 Å². The Kier molecular flexibility index (Phi) is 1.53. The van der Waals surface area contributed by atoms with E-state index >= 15 is 0 Å². The van der Waals surface area contributed by atoms with Crippen LogP contribution in [0, 0.1) is 17.8 Å². The van der Waals surface area contributed by atoms with E-state index in [2.05, 4.69) is 0 Å². The summed E-state index contributed by atoms with van der Waals surface area (Å²) in [5.41, 5.74) is 0. The number of carbonyl (C=O) groups excluding carboxylic acids is 2. The van der Waals surface area contributed by atoms with Crippen molar-refractivity contribution in [2.24, 2.45) is 17.8 Å². The van der Waals surface area contributed by atoms with Gasteiger partial charge in [0.25, 0.3) is 0 Å². The molecule has 0 aromatic carbocycles. The molecule has 0 saturated heterocycles. The number of ketones is 1. The fourth-order valence-corrected chi connectivity index (χ4v) is 2.53. The molecular formula is C8H9ClO2. The average Bonchev–Trinajstić information content (AvgIpc) is 2.25. The zero-order chi connectivity index (χ0) is 8.01. The first kappa shape index (κ1) is 7.29. The van der Waals surface area contributed by atoms with Crippen molar-refractivity contribution in [3.63, 3.8) is 0 Å². The molecule has 2 aliphatic rings. The molecule has 0 N–H and O–H groups in total. The molecule has 11 heavy (non-hydrogen) atoms. The Morgan fingerprint density at radius 1 is 1.45 bits per heavy atom. The fraction of sp³-hybridized carbons (Fsp3) is 0.750. The second kappa shape index (κ2) is 2.31. The predicted octanol–water partition coefficient (Wildman–Crippen LogP) is 1.37. The lowest BCUT2D eigenvalue weighted by atomic mass is 9.72. The Labute approximate surface area is 69.9 Å². The van der Waals surface area contributed by atoms with E-state index in [0.717, 1.165) is 12.8 Å². The van der Waals surface area contributed by atoms with Crippen molar-refractivity contribution in [1.29, 1.82) is 0 Å². The van der Waals surface area contributed by atoms with Crippen molar-refractivity contribution < 1.29 is 9.59 Å². The zero-order valence-electron chi connectivity index (χ0n) is 6.05. The molecule has 0 aromatic rings. The molecular weight excluding hydrogens is 164 g/mol. The number of halogens is 1. The van der Waals surface area contributed by atoms with Gasteiger partial charge in [-0.2, -0.15) is 0 Å². The quantitative estimate of drug-likeness (QED) is 0.560. The molecule has 2 fully saturated rings. The average molecular weight is 173 g/mol. The first-order valence-electron chi connectivity index (χ1n) is 3.92. The molecule has 3 atom stereocenters. The second-order valence-electron chi connectivity index (χ2n) is 3.44. The van der Waals surface area contributed by atoms with E-state index in [1.54, 1.807) is 0 Å². The highest BCUT2D eigenvalue weighted by Gasteiger charge is 2.50. The van der Waals surface area contributed by atoms with Crippen molar-refractivity contribution in [2.45, 2.75) is 19.3 Å². The van der Waals surface area contributed by atoms with Crippen LogP contribution in [0.2, 0.25) is 0 Å². The molecule has 3 heteroatoms. The maximum Gasteiger partial charge on any atom is 0.225 e. The van der Waals surface area contributed by atoms with E-state index < -0.39 is 0 Å². The van der Waals surface area contributed by atoms with Gasteiger partial charge in [0.2, 0.25) is 5.24 Å². The smallest absolute Gasteiger partial charge is 0.225 e. The van der Waals surface area contributed by atoms with Gasteiger partial charge in [-0.05, 0) is 30.4 Å². The van der Waals surface area contributed by atoms with Crippen LogP contribution in [0.15, 0.2) is 0 Å². The number of hydrogen-bond acceptors (Lipinski definition) is 2. The third-order valence-electron chi connectivity index (χ3n) is 2.92. The van der Waals surface area contributed by atoms with E-state index in [4.69, 9.17) is 11.6 Å². The highest BCUT2D eigenvalue weighted by atomic mass is 35.5. The van der Waals surface area contributed by atoms with E-state index in [1.165, 1.54) is 0 Å². The molecule has 0 spiro atoms. The highest BCUT2D eigenvalue weighted by molar-refractivity contribution is 6.64. The van der Waals surface area contributed by atoms with Crippen LogP contribution < -0.4 is 0 Å². The summed E-state index contributed by atoms with van der Waals surface area (Å²) in [7, 11) is 0. The predicted molar refractivity (Wildman–Crippen MR) is 40.2 cm³/mol. The van der Waals surface area contributed by atoms with Gasteiger partial charge in [0.15, 0.2) is 0 Å². The maximum absolute atomic E-state index is 11.0. The maximum atomic E-state index is 11.0. The zero-order valence-corrected chi connectivity index (χ0v) is 6.80. The Morgan fingerprint density at radius 2 is 2.18 bits per heavy atom. The van der Waals surface area contributed by atoms with Gasteiger partial charge in [-0.15, -0.1) is 0 Å². The lowest BCUT2D eigenvalue weighted by Crippen LogP contribution is -2.38. The molecule has 2 aliphatic carbocycles. The lowest BCUT2D eigenvalue weighted by Gasteiger charge is -2.30. The van der Waals surface area contributed by atoms with Gasteiger partial charge >= 0.3 is 0 Å².